The molecule has 0 spiro atoms. The first kappa shape index (κ1) is 13.2. The Kier molecular flexibility index (Phi) is 2.55. The molecule has 0 aromatic heterocycles. The molecular formula is C15H26N2O2. The molecule has 19 heavy (non-hydrogen) atoms. The van der Waals surface area contributed by atoms with Crippen LogP contribution in [0.25, 0.3) is 0 Å². The van der Waals surface area contributed by atoms with Gasteiger partial charge in [0.1, 0.15) is 5.60 Å². The molecule has 2 N–H and O–H groups in total. The molecule has 4 heteroatoms. The van der Waals surface area contributed by atoms with E-state index >= 15 is 0 Å². The molecule has 2 aliphatic heterocycles. The van der Waals surface area contributed by atoms with Crippen molar-refractivity contribution in [2.24, 2.45) is 28.9 Å². The summed E-state index contributed by atoms with van der Waals surface area (Å²) in [7, 11) is 0. The zero-order chi connectivity index (χ0) is 14.2. The zero-order valence-electron chi connectivity index (χ0n) is 12.6. The lowest BCUT2D eigenvalue weighted by Crippen LogP contribution is -2.45. The Morgan fingerprint density at radius 2 is 1.95 bits per heavy atom. The molecule has 0 aromatic carbocycles. The lowest BCUT2D eigenvalue weighted by atomic mass is 9.69. The van der Waals surface area contributed by atoms with Gasteiger partial charge >= 0.3 is 6.09 Å². The minimum absolute atomic E-state index is 0.144. The molecule has 2 bridgehead atoms. The van der Waals surface area contributed by atoms with Crippen LogP contribution in [0.15, 0.2) is 0 Å². The molecule has 0 radical (unpaired) electrons. The molecule has 5 atom stereocenters. The Bertz CT molecular complexity index is 413. The number of hydrogen-bond donors (Lipinski definition) is 1. The van der Waals surface area contributed by atoms with Crippen molar-refractivity contribution >= 4 is 6.09 Å². The Hall–Kier alpha value is -0.770. The number of amides is 1. The second-order valence-electron chi connectivity index (χ2n) is 8.15. The summed E-state index contributed by atoms with van der Waals surface area (Å²) >= 11 is 0. The highest BCUT2D eigenvalue weighted by Gasteiger charge is 2.68. The summed E-state index contributed by atoms with van der Waals surface area (Å²) in [6.07, 6.45) is 0.998. The minimum atomic E-state index is -0.408. The quantitative estimate of drug-likeness (QED) is 0.792. The Morgan fingerprint density at radius 3 is 2.42 bits per heavy atom. The normalized spacial score (nSPS) is 42.8. The number of carbonyl (C=O) groups is 1. The van der Waals surface area contributed by atoms with Gasteiger partial charge in [0.15, 0.2) is 0 Å². The van der Waals surface area contributed by atoms with E-state index in [0.717, 1.165) is 13.0 Å². The Labute approximate surface area is 115 Å². The fourth-order valence-electron chi connectivity index (χ4n) is 4.18. The first-order valence-corrected chi connectivity index (χ1v) is 7.38. The minimum Gasteiger partial charge on any atom is -0.444 e. The van der Waals surface area contributed by atoms with Crippen molar-refractivity contribution in [2.75, 3.05) is 6.54 Å². The van der Waals surface area contributed by atoms with Crippen LogP contribution < -0.4 is 5.73 Å². The molecule has 4 nitrogen and oxygen atoms in total. The van der Waals surface area contributed by atoms with Gasteiger partial charge in [0.2, 0.25) is 0 Å². The third-order valence-electron chi connectivity index (χ3n) is 5.40. The summed E-state index contributed by atoms with van der Waals surface area (Å²) in [5, 5.41) is 0. The summed E-state index contributed by atoms with van der Waals surface area (Å²) in [5.41, 5.74) is 6.04. The SMILES string of the molecule is CC(C)(C)OC(=O)N1C[C@@H]2C[C@H]1C2[C@@H]1[C@@H](N)C1(C)C. The van der Waals surface area contributed by atoms with Crippen LogP contribution in [0.1, 0.15) is 41.0 Å². The third-order valence-corrected chi connectivity index (χ3v) is 5.40. The van der Waals surface area contributed by atoms with Gasteiger partial charge in [-0.25, -0.2) is 4.79 Å². The fraction of sp³-hybridized carbons (Fsp3) is 0.933. The maximum Gasteiger partial charge on any atom is 0.410 e. The van der Waals surface area contributed by atoms with Crippen molar-refractivity contribution in [1.29, 1.82) is 0 Å². The van der Waals surface area contributed by atoms with E-state index in [-0.39, 0.29) is 11.5 Å². The second kappa shape index (κ2) is 3.66. The van der Waals surface area contributed by atoms with Gasteiger partial charge in [-0.3, -0.25) is 0 Å². The molecule has 2 saturated carbocycles. The van der Waals surface area contributed by atoms with Gasteiger partial charge in [0.05, 0.1) is 0 Å². The molecule has 108 valence electrons. The van der Waals surface area contributed by atoms with Crippen molar-refractivity contribution in [3.05, 3.63) is 0 Å². The van der Waals surface area contributed by atoms with E-state index in [0.29, 0.717) is 29.8 Å². The summed E-state index contributed by atoms with van der Waals surface area (Å²) in [6, 6.07) is 0.680. The number of hydrogen-bond acceptors (Lipinski definition) is 3. The fourth-order valence-corrected chi connectivity index (χ4v) is 4.18. The maximum atomic E-state index is 12.2. The zero-order valence-corrected chi connectivity index (χ0v) is 12.6. The van der Waals surface area contributed by atoms with Crippen molar-refractivity contribution in [3.63, 3.8) is 0 Å². The predicted octanol–water partition coefficient (Wildman–Crippen LogP) is 2.23. The molecule has 1 unspecified atom stereocenters. The molecule has 4 rings (SSSR count). The van der Waals surface area contributed by atoms with E-state index in [1.807, 2.05) is 25.7 Å². The van der Waals surface area contributed by atoms with Gasteiger partial charge in [-0.2, -0.15) is 0 Å². The maximum absolute atomic E-state index is 12.2. The van der Waals surface area contributed by atoms with E-state index in [2.05, 4.69) is 13.8 Å². The summed E-state index contributed by atoms with van der Waals surface area (Å²) in [5.74, 6) is 1.84. The highest BCUT2D eigenvalue weighted by atomic mass is 16.6. The summed E-state index contributed by atoms with van der Waals surface area (Å²) < 4.78 is 5.50. The average molecular weight is 266 g/mol. The van der Waals surface area contributed by atoms with E-state index in [1.54, 1.807) is 0 Å². The van der Waals surface area contributed by atoms with Gasteiger partial charge in [0, 0.05) is 18.6 Å². The van der Waals surface area contributed by atoms with Gasteiger partial charge < -0.3 is 15.4 Å². The molecule has 2 heterocycles. The van der Waals surface area contributed by atoms with Crippen LogP contribution in [-0.2, 0) is 4.74 Å². The highest BCUT2D eigenvalue weighted by Crippen LogP contribution is 2.64. The molecule has 2 aliphatic carbocycles. The number of fused-ring (bicyclic) bond motifs is 1. The van der Waals surface area contributed by atoms with Crippen LogP contribution in [0, 0.1) is 23.2 Å². The van der Waals surface area contributed by atoms with Crippen LogP contribution >= 0.6 is 0 Å². The average Bonchev–Trinajstić information content (AvgIpc) is 2.69. The largest absolute Gasteiger partial charge is 0.444 e. The number of nitrogens with zero attached hydrogens (tertiary/aromatic N) is 1. The lowest BCUT2D eigenvalue weighted by Gasteiger charge is -2.38. The number of ether oxygens (including phenoxy) is 1. The first-order valence-electron chi connectivity index (χ1n) is 7.38. The van der Waals surface area contributed by atoms with Crippen molar-refractivity contribution < 1.29 is 9.53 Å². The van der Waals surface area contributed by atoms with Crippen molar-refractivity contribution in [2.45, 2.75) is 58.7 Å². The van der Waals surface area contributed by atoms with E-state index in [1.165, 1.54) is 0 Å². The van der Waals surface area contributed by atoms with Gasteiger partial charge in [-0.05, 0) is 50.4 Å². The van der Waals surface area contributed by atoms with E-state index in [9.17, 15) is 4.79 Å². The molecule has 1 amide bonds. The topological polar surface area (TPSA) is 55.6 Å². The highest BCUT2D eigenvalue weighted by molar-refractivity contribution is 5.70. The van der Waals surface area contributed by atoms with Gasteiger partial charge in [-0.1, -0.05) is 13.8 Å². The van der Waals surface area contributed by atoms with Crippen LogP contribution in [0.3, 0.4) is 0 Å². The van der Waals surface area contributed by atoms with Crippen molar-refractivity contribution in [1.82, 2.24) is 4.90 Å². The van der Waals surface area contributed by atoms with Crippen LogP contribution in [-0.4, -0.2) is 35.2 Å². The van der Waals surface area contributed by atoms with Gasteiger partial charge in [-0.15, -0.1) is 0 Å². The molecule has 4 fully saturated rings. The molecular weight excluding hydrogens is 240 g/mol. The van der Waals surface area contributed by atoms with Crippen LogP contribution in [0.5, 0.6) is 0 Å². The molecule has 2 saturated heterocycles. The molecule has 0 aromatic rings. The number of carbonyl (C=O) groups excluding carboxylic acids is 1. The standard InChI is InChI=1S/C15H26N2O2/c1-14(2,3)19-13(18)17-7-8-6-9(17)10(8)11-12(16)15(11,4)5/h8-12H,6-7,16H2,1-5H3/t8-,9-,10?,11+,12+/m0/s1. The summed E-state index contributed by atoms with van der Waals surface area (Å²) in [6.45, 7) is 11.1. The van der Waals surface area contributed by atoms with Crippen LogP contribution in [0.2, 0.25) is 0 Å². The predicted molar refractivity (Wildman–Crippen MR) is 73.6 cm³/mol. The Balaban J connectivity index is 1.66. The van der Waals surface area contributed by atoms with Gasteiger partial charge in [0.25, 0.3) is 0 Å². The number of rotatable bonds is 1. The number of nitrogens with two attached hydrogens (primary N) is 1. The smallest absolute Gasteiger partial charge is 0.410 e. The molecule has 4 aliphatic rings. The first-order chi connectivity index (χ1) is 8.63. The third kappa shape index (κ3) is 1.87. The van der Waals surface area contributed by atoms with Crippen molar-refractivity contribution in [3.8, 4) is 0 Å². The van der Waals surface area contributed by atoms with Crippen LogP contribution in [0.4, 0.5) is 4.79 Å². The lowest BCUT2D eigenvalue weighted by molar-refractivity contribution is 0.0179. The monoisotopic (exact) mass is 266 g/mol. The Morgan fingerprint density at radius 1 is 1.37 bits per heavy atom. The van der Waals surface area contributed by atoms with E-state index in [4.69, 9.17) is 10.5 Å². The second-order valence-corrected chi connectivity index (χ2v) is 8.15. The summed E-state index contributed by atoms with van der Waals surface area (Å²) in [4.78, 5) is 14.1. The van der Waals surface area contributed by atoms with E-state index < -0.39 is 5.60 Å².